The van der Waals surface area contributed by atoms with E-state index in [1.807, 2.05) is 0 Å². The molecule has 10 atom stereocenters. The third kappa shape index (κ3) is 7.63. The average Bonchev–Trinajstić information content (AvgIpc) is 3.92. The van der Waals surface area contributed by atoms with Crippen molar-refractivity contribution in [3.63, 3.8) is 0 Å². The number of hydrogen-bond acceptors (Lipinski definition) is 7. The quantitative estimate of drug-likeness (QED) is 0.207. The zero-order chi connectivity index (χ0) is 45.1. The van der Waals surface area contributed by atoms with Crippen LogP contribution in [0.15, 0.2) is 201 Å². The first-order valence-electron chi connectivity index (χ1n) is 25.4. The van der Waals surface area contributed by atoms with Gasteiger partial charge in [-0.2, -0.15) is 0 Å². The normalized spacial score (nSPS) is 34.4. The largest absolute Gasteiger partial charge is 0.485 e. The van der Waals surface area contributed by atoms with Crippen molar-refractivity contribution in [2.75, 3.05) is 13.2 Å². The van der Waals surface area contributed by atoms with Crippen LogP contribution in [0.3, 0.4) is 0 Å². The number of aliphatic imine (C=N–C) groups is 1. The van der Waals surface area contributed by atoms with Gasteiger partial charge in [0.05, 0.1) is 18.2 Å². The van der Waals surface area contributed by atoms with Crippen molar-refractivity contribution in [3.8, 4) is 0 Å². The number of allylic oxidation sites excluding steroid dienone is 11. The Morgan fingerprint density at radius 3 is 2.54 bits per heavy atom. The zero-order valence-corrected chi connectivity index (χ0v) is 39.1. The first-order chi connectivity index (χ1) is 32.9. The van der Waals surface area contributed by atoms with E-state index in [0.717, 1.165) is 61.5 Å². The molecule has 4 aliphatic heterocycles. The van der Waals surface area contributed by atoms with Gasteiger partial charge in [-0.25, -0.2) is 0 Å². The average molecular weight is 888 g/mol. The van der Waals surface area contributed by atoms with Crippen LogP contribution in [0, 0.1) is 29.6 Å². The van der Waals surface area contributed by atoms with Gasteiger partial charge in [0.1, 0.15) is 35.3 Å². The van der Waals surface area contributed by atoms with Crippen molar-refractivity contribution in [3.05, 3.63) is 207 Å². The predicted molar refractivity (Wildman–Crippen MR) is 271 cm³/mol. The van der Waals surface area contributed by atoms with E-state index in [4.69, 9.17) is 9.73 Å². The Kier molecular flexibility index (Phi) is 11.2. The molecule has 10 aliphatic rings. The molecule has 0 radical (unpaired) electrons. The molecule has 4 heterocycles. The fraction of sp³-hybridized carbons (Fsp3) is 0.383. The fourth-order valence-corrected chi connectivity index (χ4v) is 13.1. The number of dihydropyridines is 1. The smallest absolute Gasteiger partial charge is 0.135 e. The Hall–Kier alpha value is -5.89. The fourth-order valence-electron chi connectivity index (χ4n) is 13.1. The first-order valence-corrected chi connectivity index (χ1v) is 25.4. The number of benzene rings is 2. The van der Waals surface area contributed by atoms with Crippen LogP contribution >= 0.6 is 0 Å². The molecule has 4 N–H and O–H groups in total. The Labute approximate surface area is 397 Å². The second-order valence-electron chi connectivity index (χ2n) is 20.6. The van der Waals surface area contributed by atoms with Crippen LogP contribution < -0.4 is 16.0 Å². The van der Waals surface area contributed by atoms with Crippen LogP contribution in [-0.2, 0) is 4.74 Å². The number of rotatable bonds is 7. The summed E-state index contributed by atoms with van der Waals surface area (Å²) in [7, 11) is 0. The van der Waals surface area contributed by atoms with E-state index in [0.29, 0.717) is 36.3 Å². The number of fused-ring (bicyclic) bond motifs is 6. The van der Waals surface area contributed by atoms with Crippen molar-refractivity contribution in [2.45, 2.75) is 102 Å². The molecular formula is C60H65N5O2. The predicted octanol–water partition coefficient (Wildman–Crippen LogP) is 11.1. The molecule has 7 nitrogen and oxygen atoms in total. The standard InChI is InChI=1S/C60H65N5O2/c1-38(37-66)39-29-31-44(32-30-39)60(2)63-57(42-21-10-5-11-22-42)62-58(64-60)51-33-43(56-45(40-17-6-3-7-18-40)25-16-26-46(56)41-19-8-4-9-20-41)36-61-59(51)65-52-27-14-12-23-47(52)49-34-50-48-24-13-15-28-54(48)67-55(50)35-53(49)65/h3,5-8,10-13,15-19,21-25,29,31,33-35,38,41,46-47,49,52-54,57,62-64,66H,4,9,14,20,26-28,30,32,36-37H2,1-2H3. The van der Waals surface area contributed by atoms with Crippen molar-refractivity contribution in [2.24, 2.45) is 34.6 Å². The molecule has 7 heteroatoms. The maximum atomic E-state index is 10.1. The number of nitrogens with one attached hydrogen (secondary N) is 3. The molecule has 0 bridgehead atoms. The van der Waals surface area contributed by atoms with Gasteiger partial charge in [0.15, 0.2) is 0 Å². The van der Waals surface area contributed by atoms with Gasteiger partial charge in [-0.05, 0) is 116 Å². The maximum Gasteiger partial charge on any atom is 0.135 e. The van der Waals surface area contributed by atoms with E-state index < -0.39 is 5.66 Å². The van der Waals surface area contributed by atoms with Crippen molar-refractivity contribution in [1.82, 2.24) is 20.9 Å². The van der Waals surface area contributed by atoms with Crippen LogP contribution in [0.25, 0.3) is 5.57 Å². The summed E-state index contributed by atoms with van der Waals surface area (Å²) in [6, 6.07) is 22.3. The molecule has 2 aromatic rings. The van der Waals surface area contributed by atoms with E-state index >= 15 is 0 Å². The summed E-state index contributed by atoms with van der Waals surface area (Å²) in [5.41, 5.74) is 12.3. The number of hydrogen-bond donors (Lipinski definition) is 4. The molecule has 3 fully saturated rings. The molecule has 0 spiro atoms. The van der Waals surface area contributed by atoms with Gasteiger partial charge in [-0.15, -0.1) is 0 Å². The lowest BCUT2D eigenvalue weighted by Gasteiger charge is -2.47. The third-order valence-electron chi connectivity index (χ3n) is 16.6. The van der Waals surface area contributed by atoms with Crippen LogP contribution in [0.5, 0.6) is 0 Å². The zero-order valence-electron chi connectivity index (χ0n) is 39.1. The molecule has 0 aromatic heterocycles. The highest BCUT2D eigenvalue weighted by Gasteiger charge is 2.52. The summed E-state index contributed by atoms with van der Waals surface area (Å²) in [5.74, 6) is 4.75. The molecule has 0 amide bonds. The minimum Gasteiger partial charge on any atom is -0.485 e. The van der Waals surface area contributed by atoms with E-state index in [1.54, 1.807) is 0 Å². The van der Waals surface area contributed by atoms with E-state index in [2.05, 4.69) is 180 Å². The number of ether oxygens (including phenoxy) is 1. The molecule has 67 heavy (non-hydrogen) atoms. The van der Waals surface area contributed by atoms with Crippen LogP contribution in [-0.4, -0.2) is 52.8 Å². The minimum absolute atomic E-state index is 0.0915. The number of nitrogens with zero attached hydrogens (tertiary/aromatic N) is 2. The molecule has 342 valence electrons. The first kappa shape index (κ1) is 42.5. The minimum atomic E-state index is -0.587. The van der Waals surface area contributed by atoms with Crippen molar-refractivity contribution < 1.29 is 9.84 Å². The van der Waals surface area contributed by atoms with Crippen LogP contribution in [0.4, 0.5) is 0 Å². The maximum absolute atomic E-state index is 10.1. The summed E-state index contributed by atoms with van der Waals surface area (Å²) in [6.45, 7) is 5.22. The molecule has 10 unspecified atom stereocenters. The molecule has 2 aromatic carbocycles. The van der Waals surface area contributed by atoms with Crippen molar-refractivity contribution in [1.29, 1.82) is 0 Å². The topological polar surface area (TPSA) is 81.2 Å². The Bertz CT molecular complexity index is 2720. The summed E-state index contributed by atoms with van der Waals surface area (Å²) in [4.78, 5) is 8.65. The number of likely N-dealkylation sites (tertiary alicyclic amines) is 1. The molecule has 3 saturated heterocycles. The van der Waals surface area contributed by atoms with Crippen LogP contribution in [0.2, 0.25) is 0 Å². The third-order valence-corrected chi connectivity index (χ3v) is 16.6. The number of amidine groups is 1. The molecular weight excluding hydrogens is 823 g/mol. The van der Waals surface area contributed by atoms with Gasteiger partial charge in [0.25, 0.3) is 0 Å². The Morgan fingerprint density at radius 2 is 1.73 bits per heavy atom. The van der Waals surface area contributed by atoms with Crippen molar-refractivity contribution >= 4 is 11.4 Å². The Morgan fingerprint density at radius 1 is 0.881 bits per heavy atom. The lowest BCUT2D eigenvalue weighted by molar-refractivity contribution is 0.179. The van der Waals surface area contributed by atoms with E-state index in [1.165, 1.54) is 69.4 Å². The molecule has 0 saturated carbocycles. The molecule has 6 aliphatic carbocycles. The van der Waals surface area contributed by atoms with E-state index in [-0.39, 0.29) is 30.8 Å². The van der Waals surface area contributed by atoms with Gasteiger partial charge in [0.2, 0.25) is 0 Å². The van der Waals surface area contributed by atoms with E-state index in [9.17, 15) is 5.11 Å². The van der Waals surface area contributed by atoms with Gasteiger partial charge in [-0.1, -0.05) is 146 Å². The monoisotopic (exact) mass is 888 g/mol. The lowest BCUT2D eigenvalue weighted by Crippen LogP contribution is -2.65. The summed E-state index contributed by atoms with van der Waals surface area (Å²) < 4.78 is 6.81. The SMILES string of the molecule is CC(CO)C1=CC=C(C2(C)NC(=C3C=C(C4=C(c5ccccc5)C=CCC4C4C=CCCC4)CN=C3N3C4C=C5OC6CC=CC=C6C5=CC4C4C=CCCC43)NC(c3ccccc3)N2)CC1. The second-order valence-corrected chi connectivity index (χ2v) is 20.6. The highest BCUT2D eigenvalue weighted by atomic mass is 16.5. The second kappa shape index (κ2) is 17.6. The number of aliphatic hydroxyl groups is 1. The van der Waals surface area contributed by atoms with Gasteiger partial charge >= 0.3 is 0 Å². The summed E-state index contributed by atoms with van der Waals surface area (Å²) in [5, 5.41) is 22.4. The summed E-state index contributed by atoms with van der Waals surface area (Å²) in [6.07, 6.45) is 43.0. The summed E-state index contributed by atoms with van der Waals surface area (Å²) >= 11 is 0. The highest BCUT2D eigenvalue weighted by molar-refractivity contribution is 6.04. The molecule has 12 rings (SSSR count). The van der Waals surface area contributed by atoms with Gasteiger partial charge in [0, 0.05) is 48.0 Å². The Balaban J connectivity index is 1.04. The lowest BCUT2D eigenvalue weighted by atomic mass is 9.71. The van der Waals surface area contributed by atoms with Gasteiger partial charge < -0.3 is 25.4 Å². The van der Waals surface area contributed by atoms with Crippen LogP contribution in [0.1, 0.15) is 88.9 Å². The number of aliphatic hydroxyl groups excluding tert-OH is 1. The highest BCUT2D eigenvalue weighted by Crippen LogP contribution is 2.52. The van der Waals surface area contributed by atoms with Gasteiger partial charge in [-0.3, -0.25) is 10.3 Å².